The molecule has 0 aliphatic heterocycles. The van der Waals surface area contributed by atoms with Crippen LogP contribution in [-0.4, -0.2) is 5.91 Å². The van der Waals surface area contributed by atoms with Gasteiger partial charge in [-0.25, -0.2) is 0 Å². The Labute approximate surface area is 114 Å². The first kappa shape index (κ1) is 13.6. The van der Waals surface area contributed by atoms with Crippen LogP contribution in [0.5, 0.6) is 0 Å². The minimum atomic E-state index is -0.786. The van der Waals surface area contributed by atoms with Crippen molar-refractivity contribution in [2.24, 2.45) is 5.41 Å². The zero-order valence-corrected chi connectivity index (χ0v) is 11.6. The van der Waals surface area contributed by atoms with Gasteiger partial charge in [-0.05, 0) is 43.2 Å². The van der Waals surface area contributed by atoms with Crippen LogP contribution in [0.1, 0.15) is 44.2 Å². The zero-order valence-electron chi connectivity index (χ0n) is 11.6. The Morgan fingerprint density at radius 2 is 1.89 bits per heavy atom. The topological polar surface area (TPSA) is 52.9 Å². The first-order chi connectivity index (χ1) is 9.16. The Bertz CT molecular complexity index is 502. The molecule has 0 spiro atoms. The quantitative estimate of drug-likeness (QED) is 0.897. The summed E-state index contributed by atoms with van der Waals surface area (Å²) in [6.07, 6.45) is 4.10. The number of anilines is 1. The maximum atomic E-state index is 12.4. The fraction of sp³-hybridized carbons (Fsp3) is 0.500. The third-order valence-corrected chi connectivity index (χ3v) is 4.09. The van der Waals surface area contributed by atoms with Gasteiger partial charge in [-0.1, -0.05) is 32.0 Å². The van der Waals surface area contributed by atoms with Crippen LogP contribution < -0.4 is 5.32 Å². The summed E-state index contributed by atoms with van der Waals surface area (Å²) in [7, 11) is 0. The first-order valence-corrected chi connectivity index (χ1v) is 7.00. The van der Waals surface area contributed by atoms with Crippen molar-refractivity contribution in [3.8, 4) is 6.07 Å². The van der Waals surface area contributed by atoms with Gasteiger partial charge in [0.2, 0.25) is 5.91 Å². The maximum Gasteiger partial charge on any atom is 0.244 e. The van der Waals surface area contributed by atoms with Crippen molar-refractivity contribution in [3.63, 3.8) is 0 Å². The second-order valence-electron chi connectivity index (χ2n) is 5.16. The molecule has 1 aliphatic carbocycles. The average Bonchev–Trinajstić information content (AvgIpc) is 2.38. The second kappa shape index (κ2) is 5.44. The number of nitrogens with zero attached hydrogens (tertiary/aromatic N) is 1. The van der Waals surface area contributed by atoms with Gasteiger partial charge >= 0.3 is 0 Å². The van der Waals surface area contributed by atoms with E-state index in [0.29, 0.717) is 12.8 Å². The van der Waals surface area contributed by atoms with E-state index in [1.54, 1.807) is 0 Å². The summed E-state index contributed by atoms with van der Waals surface area (Å²) in [6, 6.07) is 8.29. The number of hydrogen-bond donors (Lipinski definition) is 1. The van der Waals surface area contributed by atoms with E-state index in [1.165, 1.54) is 0 Å². The van der Waals surface area contributed by atoms with Crippen LogP contribution in [0.2, 0.25) is 0 Å². The van der Waals surface area contributed by atoms with Gasteiger partial charge in [0.1, 0.15) is 5.41 Å². The van der Waals surface area contributed by atoms with Crippen LogP contribution in [0, 0.1) is 16.7 Å². The van der Waals surface area contributed by atoms with Crippen molar-refractivity contribution >= 4 is 11.6 Å². The van der Waals surface area contributed by atoms with Crippen molar-refractivity contribution in [2.45, 2.75) is 46.0 Å². The Morgan fingerprint density at radius 3 is 2.26 bits per heavy atom. The SMILES string of the molecule is CCc1cccc(CC)c1NC(=O)C1(C#N)CCC1. The molecule has 0 atom stereocenters. The number of aryl methyl sites for hydroxylation is 2. The van der Waals surface area contributed by atoms with Gasteiger partial charge in [0.15, 0.2) is 0 Å². The van der Waals surface area contributed by atoms with Gasteiger partial charge in [0, 0.05) is 5.69 Å². The van der Waals surface area contributed by atoms with Crippen molar-refractivity contribution in [3.05, 3.63) is 29.3 Å². The molecule has 0 saturated heterocycles. The Morgan fingerprint density at radius 1 is 1.32 bits per heavy atom. The molecular formula is C16H20N2O. The van der Waals surface area contributed by atoms with E-state index in [4.69, 9.17) is 0 Å². The summed E-state index contributed by atoms with van der Waals surface area (Å²) in [4.78, 5) is 12.4. The zero-order chi connectivity index (χ0) is 13.9. The van der Waals surface area contributed by atoms with Crippen molar-refractivity contribution in [1.82, 2.24) is 0 Å². The van der Waals surface area contributed by atoms with E-state index in [2.05, 4.69) is 25.2 Å². The number of para-hydroxylation sites is 1. The third kappa shape index (κ3) is 2.35. The standard InChI is InChI=1S/C16H20N2O/c1-3-12-7-5-8-13(4-2)14(12)18-15(19)16(11-17)9-6-10-16/h5,7-8H,3-4,6,9-10H2,1-2H3,(H,18,19). The highest BCUT2D eigenvalue weighted by Gasteiger charge is 2.44. The molecule has 3 nitrogen and oxygen atoms in total. The van der Waals surface area contributed by atoms with E-state index in [-0.39, 0.29) is 5.91 Å². The Balaban J connectivity index is 2.28. The summed E-state index contributed by atoms with van der Waals surface area (Å²) in [5.74, 6) is -0.128. The van der Waals surface area contributed by atoms with Gasteiger partial charge in [-0.15, -0.1) is 0 Å². The fourth-order valence-electron chi connectivity index (χ4n) is 2.56. The lowest BCUT2D eigenvalue weighted by atomic mass is 9.69. The summed E-state index contributed by atoms with van der Waals surface area (Å²) in [5.41, 5.74) is 2.41. The summed E-state index contributed by atoms with van der Waals surface area (Å²) in [5, 5.41) is 12.2. The minimum absolute atomic E-state index is 0.128. The highest BCUT2D eigenvalue weighted by molar-refractivity contribution is 5.99. The lowest BCUT2D eigenvalue weighted by Gasteiger charge is -2.33. The molecule has 1 aromatic carbocycles. The van der Waals surface area contributed by atoms with Gasteiger partial charge in [-0.2, -0.15) is 5.26 Å². The monoisotopic (exact) mass is 256 g/mol. The molecule has 1 aromatic rings. The summed E-state index contributed by atoms with van der Waals surface area (Å²) >= 11 is 0. The lowest BCUT2D eigenvalue weighted by molar-refractivity contribution is -0.126. The molecule has 1 amide bonds. The van der Waals surface area contributed by atoms with Gasteiger partial charge in [0.05, 0.1) is 6.07 Å². The molecule has 3 heteroatoms. The molecule has 1 fully saturated rings. The van der Waals surface area contributed by atoms with Gasteiger partial charge < -0.3 is 5.32 Å². The highest BCUT2D eigenvalue weighted by Crippen LogP contribution is 2.41. The maximum absolute atomic E-state index is 12.4. The number of nitriles is 1. The predicted octanol–water partition coefficient (Wildman–Crippen LogP) is 3.44. The van der Waals surface area contributed by atoms with E-state index < -0.39 is 5.41 Å². The minimum Gasteiger partial charge on any atom is -0.324 e. The van der Waals surface area contributed by atoms with Crippen LogP contribution in [-0.2, 0) is 17.6 Å². The molecule has 1 N–H and O–H groups in total. The first-order valence-electron chi connectivity index (χ1n) is 7.00. The molecular weight excluding hydrogens is 236 g/mol. The van der Waals surface area contributed by atoms with Crippen molar-refractivity contribution in [2.75, 3.05) is 5.32 Å². The number of hydrogen-bond acceptors (Lipinski definition) is 2. The smallest absolute Gasteiger partial charge is 0.244 e. The molecule has 0 unspecified atom stereocenters. The molecule has 1 aliphatic rings. The molecule has 19 heavy (non-hydrogen) atoms. The van der Waals surface area contributed by atoms with Crippen LogP contribution in [0.4, 0.5) is 5.69 Å². The van der Waals surface area contributed by atoms with E-state index >= 15 is 0 Å². The number of benzene rings is 1. The van der Waals surface area contributed by atoms with Crippen LogP contribution in [0.15, 0.2) is 18.2 Å². The van der Waals surface area contributed by atoms with Crippen LogP contribution >= 0.6 is 0 Å². The van der Waals surface area contributed by atoms with Gasteiger partial charge in [0.25, 0.3) is 0 Å². The normalized spacial score (nSPS) is 16.3. The number of carbonyl (C=O) groups is 1. The molecule has 100 valence electrons. The molecule has 1 saturated carbocycles. The van der Waals surface area contributed by atoms with Crippen molar-refractivity contribution < 1.29 is 4.79 Å². The Kier molecular flexibility index (Phi) is 3.90. The van der Waals surface area contributed by atoms with Crippen LogP contribution in [0.3, 0.4) is 0 Å². The predicted molar refractivity (Wildman–Crippen MR) is 75.7 cm³/mol. The molecule has 0 radical (unpaired) electrons. The lowest BCUT2D eigenvalue weighted by Crippen LogP contribution is -2.41. The number of nitrogens with one attached hydrogen (secondary N) is 1. The van der Waals surface area contributed by atoms with Crippen molar-refractivity contribution in [1.29, 1.82) is 5.26 Å². The molecule has 0 bridgehead atoms. The van der Waals surface area contributed by atoms with E-state index in [0.717, 1.165) is 36.1 Å². The number of carbonyl (C=O) groups excluding carboxylic acids is 1. The largest absolute Gasteiger partial charge is 0.324 e. The third-order valence-electron chi connectivity index (χ3n) is 4.09. The molecule has 0 heterocycles. The second-order valence-corrected chi connectivity index (χ2v) is 5.16. The average molecular weight is 256 g/mol. The molecule has 0 aromatic heterocycles. The Hall–Kier alpha value is -1.82. The summed E-state index contributed by atoms with van der Waals surface area (Å²) in [6.45, 7) is 4.15. The molecule has 2 rings (SSSR count). The van der Waals surface area contributed by atoms with Crippen LogP contribution in [0.25, 0.3) is 0 Å². The van der Waals surface area contributed by atoms with E-state index in [1.807, 2.05) is 18.2 Å². The highest BCUT2D eigenvalue weighted by atomic mass is 16.2. The number of rotatable bonds is 4. The van der Waals surface area contributed by atoms with E-state index in [9.17, 15) is 10.1 Å². The fourth-order valence-corrected chi connectivity index (χ4v) is 2.56. The number of amides is 1. The summed E-state index contributed by atoms with van der Waals surface area (Å²) < 4.78 is 0. The van der Waals surface area contributed by atoms with Gasteiger partial charge in [-0.3, -0.25) is 4.79 Å².